The van der Waals surface area contributed by atoms with E-state index in [4.69, 9.17) is 27.9 Å². The highest BCUT2D eigenvalue weighted by atomic mass is 35.5. The number of H-pyrrole nitrogens is 1. The monoisotopic (exact) mass is 475 g/mol. The molecule has 3 aromatic rings. The van der Waals surface area contributed by atoms with Gasteiger partial charge in [-0.15, -0.1) is 0 Å². The van der Waals surface area contributed by atoms with Crippen LogP contribution in [0.15, 0.2) is 48.8 Å². The molecule has 10 heteroatoms. The molecule has 0 aliphatic carbocycles. The van der Waals surface area contributed by atoms with Crippen molar-refractivity contribution in [2.75, 3.05) is 7.11 Å². The van der Waals surface area contributed by atoms with Crippen LogP contribution in [0.5, 0.6) is 0 Å². The number of amides is 2. The molecule has 2 aromatic heterocycles. The van der Waals surface area contributed by atoms with Gasteiger partial charge in [-0.25, -0.2) is 9.97 Å². The molecule has 1 atom stereocenters. The van der Waals surface area contributed by atoms with Crippen molar-refractivity contribution < 1.29 is 14.3 Å². The predicted octanol–water partition coefficient (Wildman–Crippen LogP) is 3.31. The molecule has 0 saturated heterocycles. The van der Waals surface area contributed by atoms with Crippen LogP contribution in [0.4, 0.5) is 0 Å². The number of benzene rings is 1. The van der Waals surface area contributed by atoms with Crippen molar-refractivity contribution in [3.8, 4) is 0 Å². The fourth-order valence-electron chi connectivity index (χ4n) is 2.99. The number of carbonyl (C=O) groups is 2. The molecule has 0 aliphatic rings. The summed E-state index contributed by atoms with van der Waals surface area (Å²) in [7, 11) is 1.59. The third-order valence-electron chi connectivity index (χ3n) is 4.65. The Morgan fingerprint density at radius 1 is 1.12 bits per heavy atom. The van der Waals surface area contributed by atoms with Crippen LogP contribution in [-0.4, -0.2) is 39.9 Å². The smallest absolute Gasteiger partial charge is 0.268 e. The first-order valence-electron chi connectivity index (χ1n) is 9.91. The van der Waals surface area contributed by atoms with Gasteiger partial charge < -0.3 is 20.4 Å². The number of methoxy groups -OCH3 is 1. The molecule has 3 rings (SSSR count). The van der Waals surface area contributed by atoms with E-state index in [0.717, 1.165) is 11.1 Å². The third-order valence-corrected chi connectivity index (χ3v) is 5.34. The number of aromatic amines is 1. The number of carbonyl (C=O) groups excluding carboxylic acids is 2. The van der Waals surface area contributed by atoms with Gasteiger partial charge in [0.25, 0.3) is 5.91 Å². The van der Waals surface area contributed by atoms with Gasteiger partial charge in [-0.2, -0.15) is 0 Å². The fraction of sp³-hybridized carbons (Fsp3) is 0.273. The molecule has 3 N–H and O–H groups in total. The molecule has 0 unspecified atom stereocenters. The van der Waals surface area contributed by atoms with Crippen LogP contribution < -0.4 is 10.6 Å². The molecule has 32 heavy (non-hydrogen) atoms. The van der Waals surface area contributed by atoms with Crippen molar-refractivity contribution >= 4 is 35.0 Å². The lowest BCUT2D eigenvalue weighted by Gasteiger charge is -2.18. The van der Waals surface area contributed by atoms with E-state index < -0.39 is 11.9 Å². The Morgan fingerprint density at radius 2 is 1.84 bits per heavy atom. The molecule has 0 saturated carbocycles. The lowest BCUT2D eigenvalue weighted by atomic mass is 10.0. The number of rotatable bonds is 10. The zero-order chi connectivity index (χ0) is 22.9. The highest BCUT2D eigenvalue weighted by Crippen LogP contribution is 2.21. The van der Waals surface area contributed by atoms with Gasteiger partial charge in [0.1, 0.15) is 22.7 Å². The maximum absolute atomic E-state index is 12.9. The van der Waals surface area contributed by atoms with Crippen molar-refractivity contribution in [2.45, 2.75) is 32.0 Å². The van der Waals surface area contributed by atoms with Crippen LogP contribution in [0.1, 0.15) is 33.9 Å². The average molecular weight is 476 g/mol. The zero-order valence-electron chi connectivity index (χ0n) is 17.4. The molecule has 0 aliphatic heterocycles. The van der Waals surface area contributed by atoms with Gasteiger partial charge in [0.05, 0.1) is 18.2 Å². The third kappa shape index (κ3) is 6.78. The number of nitrogens with one attached hydrogen (secondary N) is 3. The lowest BCUT2D eigenvalue weighted by Crippen LogP contribution is -2.47. The van der Waals surface area contributed by atoms with E-state index in [-0.39, 0.29) is 28.3 Å². The molecule has 168 valence electrons. The predicted molar refractivity (Wildman–Crippen MR) is 121 cm³/mol. The van der Waals surface area contributed by atoms with Crippen LogP contribution in [0.3, 0.4) is 0 Å². The van der Waals surface area contributed by atoms with Crippen molar-refractivity contribution in [3.05, 3.63) is 81.6 Å². The highest BCUT2D eigenvalue weighted by molar-refractivity contribution is 6.41. The average Bonchev–Trinajstić information content (AvgIpc) is 3.15. The summed E-state index contributed by atoms with van der Waals surface area (Å²) in [6, 6.07) is 10.4. The van der Waals surface area contributed by atoms with Crippen molar-refractivity contribution in [3.63, 3.8) is 0 Å². The minimum absolute atomic E-state index is 0.129. The van der Waals surface area contributed by atoms with E-state index >= 15 is 0 Å². The van der Waals surface area contributed by atoms with Gasteiger partial charge in [0.15, 0.2) is 0 Å². The van der Waals surface area contributed by atoms with Crippen LogP contribution in [0.2, 0.25) is 10.2 Å². The van der Waals surface area contributed by atoms with Crippen LogP contribution in [0.25, 0.3) is 0 Å². The van der Waals surface area contributed by atoms with E-state index in [9.17, 15) is 9.59 Å². The summed E-state index contributed by atoms with van der Waals surface area (Å²) in [5.74, 6) is -0.371. The zero-order valence-corrected chi connectivity index (χ0v) is 18.9. The Bertz CT molecular complexity index is 1020. The summed E-state index contributed by atoms with van der Waals surface area (Å²) in [5.41, 5.74) is 2.07. The Hall–Kier alpha value is -2.94. The maximum atomic E-state index is 12.9. The van der Waals surface area contributed by atoms with Gasteiger partial charge in [-0.05, 0) is 24.5 Å². The first-order valence-corrected chi connectivity index (χ1v) is 10.7. The number of nitrogens with zero attached hydrogens (tertiary/aromatic N) is 2. The minimum atomic E-state index is -0.781. The second kappa shape index (κ2) is 11.6. The molecule has 2 amide bonds. The summed E-state index contributed by atoms with van der Waals surface area (Å²) in [6.45, 7) is 0.539. The number of aryl methyl sites for hydroxylation is 1. The Kier molecular flexibility index (Phi) is 8.61. The summed E-state index contributed by atoms with van der Waals surface area (Å²) in [5, 5.41) is 5.93. The van der Waals surface area contributed by atoms with E-state index in [1.165, 1.54) is 6.07 Å². The summed E-state index contributed by atoms with van der Waals surface area (Å²) in [4.78, 5) is 36.6. The normalized spacial score (nSPS) is 11.7. The fourth-order valence-corrected chi connectivity index (χ4v) is 3.30. The van der Waals surface area contributed by atoms with Gasteiger partial charge in [0, 0.05) is 25.1 Å². The largest absolute Gasteiger partial charge is 0.380 e. The lowest BCUT2D eigenvalue weighted by molar-refractivity contribution is -0.123. The Balaban J connectivity index is 1.65. The van der Waals surface area contributed by atoms with Gasteiger partial charge >= 0.3 is 0 Å². The van der Waals surface area contributed by atoms with Crippen LogP contribution in [-0.2, 0) is 29.1 Å². The van der Waals surface area contributed by atoms with Crippen LogP contribution >= 0.6 is 23.2 Å². The van der Waals surface area contributed by atoms with Gasteiger partial charge in [-0.1, -0.05) is 53.5 Å². The standard InChI is InChI=1S/C22H23Cl2N5O3/c1-32-13-15-10-25-19(26-11-15)12-27-21(30)17(8-7-14-5-3-2-4-6-14)29-22(31)18-9-16(23)20(24)28-18/h2-6,9-11,17,28H,7-8,12-13H2,1H3,(H,27,30)(H,29,31)/t17-/m0/s1. The highest BCUT2D eigenvalue weighted by Gasteiger charge is 2.23. The number of ether oxygens (including phenoxy) is 1. The molecule has 0 radical (unpaired) electrons. The van der Waals surface area contributed by atoms with E-state index in [1.807, 2.05) is 30.3 Å². The first kappa shape index (κ1) is 23.7. The topological polar surface area (TPSA) is 109 Å². The summed E-state index contributed by atoms with van der Waals surface area (Å²) < 4.78 is 5.03. The molecule has 0 fully saturated rings. The Labute approximate surface area is 195 Å². The second-order valence-corrected chi connectivity index (χ2v) is 7.84. The number of halogens is 2. The van der Waals surface area contributed by atoms with Gasteiger partial charge in [-0.3, -0.25) is 9.59 Å². The minimum Gasteiger partial charge on any atom is -0.380 e. The van der Waals surface area contributed by atoms with E-state index in [2.05, 4.69) is 25.6 Å². The van der Waals surface area contributed by atoms with Crippen molar-refractivity contribution in [2.24, 2.45) is 0 Å². The molecular weight excluding hydrogens is 453 g/mol. The first-order chi connectivity index (χ1) is 15.5. The van der Waals surface area contributed by atoms with Crippen molar-refractivity contribution in [1.82, 2.24) is 25.6 Å². The van der Waals surface area contributed by atoms with Crippen LogP contribution in [0, 0.1) is 0 Å². The van der Waals surface area contributed by atoms with Crippen molar-refractivity contribution in [1.29, 1.82) is 0 Å². The maximum Gasteiger partial charge on any atom is 0.268 e. The quantitative estimate of drug-likeness (QED) is 0.416. The molecule has 0 bridgehead atoms. The molecule has 0 spiro atoms. The van der Waals surface area contributed by atoms with Gasteiger partial charge in [0.2, 0.25) is 5.91 Å². The second-order valence-electron chi connectivity index (χ2n) is 7.05. The summed E-state index contributed by atoms with van der Waals surface area (Å²) >= 11 is 11.8. The van der Waals surface area contributed by atoms with E-state index in [0.29, 0.717) is 25.3 Å². The molecule has 1 aromatic carbocycles. The summed E-state index contributed by atoms with van der Waals surface area (Å²) in [6.07, 6.45) is 4.29. The molecule has 8 nitrogen and oxygen atoms in total. The Morgan fingerprint density at radius 3 is 2.47 bits per heavy atom. The molecular formula is C22H23Cl2N5O3. The SMILES string of the molecule is COCc1cnc(CNC(=O)[C@H](CCc2ccccc2)NC(=O)c2cc(Cl)c(Cl)[nH]2)nc1. The number of aromatic nitrogens is 3. The van der Waals surface area contributed by atoms with E-state index in [1.54, 1.807) is 19.5 Å². The number of hydrogen-bond donors (Lipinski definition) is 3. The molecule has 2 heterocycles. The number of hydrogen-bond acceptors (Lipinski definition) is 5.